The first-order chi connectivity index (χ1) is 9.20. The van der Waals surface area contributed by atoms with Gasteiger partial charge in [0.1, 0.15) is 12.4 Å². The standard InChI is InChI=1S/C15H24N2O2/c1-13-12-14(19-11-10-18-3)4-5-15(13)17-8-6-16(2)7-9-17/h4-5,12H,6-11H2,1-3H3. The summed E-state index contributed by atoms with van der Waals surface area (Å²) in [5.41, 5.74) is 2.60. The lowest BCUT2D eigenvalue weighted by Gasteiger charge is -2.35. The summed E-state index contributed by atoms with van der Waals surface area (Å²) in [6.07, 6.45) is 0. The molecule has 0 aliphatic carbocycles. The van der Waals surface area contributed by atoms with Crippen LogP contribution in [0.25, 0.3) is 0 Å². The second-order valence-corrected chi connectivity index (χ2v) is 5.08. The number of likely N-dealkylation sites (N-methyl/N-ethyl adjacent to an activating group) is 1. The monoisotopic (exact) mass is 264 g/mol. The Bertz CT molecular complexity index is 401. The molecular formula is C15H24N2O2. The van der Waals surface area contributed by atoms with Crippen LogP contribution in [0.2, 0.25) is 0 Å². The number of aryl methyl sites for hydroxylation is 1. The van der Waals surface area contributed by atoms with Crippen LogP contribution in [0.15, 0.2) is 18.2 Å². The molecule has 19 heavy (non-hydrogen) atoms. The summed E-state index contributed by atoms with van der Waals surface area (Å²) >= 11 is 0. The van der Waals surface area contributed by atoms with E-state index >= 15 is 0 Å². The topological polar surface area (TPSA) is 24.9 Å². The first kappa shape index (κ1) is 14.2. The molecule has 0 bridgehead atoms. The van der Waals surface area contributed by atoms with E-state index in [4.69, 9.17) is 9.47 Å². The molecule has 1 heterocycles. The molecule has 0 radical (unpaired) electrons. The molecule has 0 N–H and O–H groups in total. The lowest BCUT2D eigenvalue weighted by atomic mass is 10.1. The van der Waals surface area contributed by atoms with Crippen LogP contribution in [-0.2, 0) is 4.74 Å². The van der Waals surface area contributed by atoms with Crippen LogP contribution in [0.4, 0.5) is 5.69 Å². The molecular weight excluding hydrogens is 240 g/mol. The molecule has 0 atom stereocenters. The van der Waals surface area contributed by atoms with Crippen molar-refractivity contribution in [3.8, 4) is 5.75 Å². The largest absolute Gasteiger partial charge is 0.491 e. The van der Waals surface area contributed by atoms with Crippen molar-refractivity contribution in [2.75, 3.05) is 58.5 Å². The Hall–Kier alpha value is -1.26. The number of piperazine rings is 1. The van der Waals surface area contributed by atoms with E-state index in [2.05, 4.69) is 42.0 Å². The average Bonchev–Trinajstić information content (AvgIpc) is 2.41. The van der Waals surface area contributed by atoms with Gasteiger partial charge in [-0.2, -0.15) is 0 Å². The van der Waals surface area contributed by atoms with Crippen LogP contribution in [0.1, 0.15) is 5.56 Å². The lowest BCUT2D eigenvalue weighted by Crippen LogP contribution is -2.44. The van der Waals surface area contributed by atoms with E-state index in [1.165, 1.54) is 11.3 Å². The van der Waals surface area contributed by atoms with Gasteiger partial charge in [-0.3, -0.25) is 0 Å². The molecule has 2 rings (SSSR count). The van der Waals surface area contributed by atoms with E-state index in [0.29, 0.717) is 13.2 Å². The number of hydrogen-bond donors (Lipinski definition) is 0. The zero-order chi connectivity index (χ0) is 13.7. The van der Waals surface area contributed by atoms with Crippen molar-refractivity contribution < 1.29 is 9.47 Å². The number of methoxy groups -OCH3 is 1. The minimum Gasteiger partial charge on any atom is -0.491 e. The van der Waals surface area contributed by atoms with E-state index < -0.39 is 0 Å². The highest BCUT2D eigenvalue weighted by molar-refractivity contribution is 5.56. The molecule has 0 spiro atoms. The second-order valence-electron chi connectivity index (χ2n) is 5.08. The molecule has 1 aliphatic rings. The molecule has 0 saturated carbocycles. The van der Waals surface area contributed by atoms with Crippen LogP contribution < -0.4 is 9.64 Å². The third-order valence-electron chi connectivity index (χ3n) is 3.57. The van der Waals surface area contributed by atoms with E-state index in [-0.39, 0.29) is 0 Å². The van der Waals surface area contributed by atoms with Crippen molar-refractivity contribution in [2.24, 2.45) is 0 Å². The maximum atomic E-state index is 5.63. The van der Waals surface area contributed by atoms with Crippen molar-refractivity contribution in [3.63, 3.8) is 0 Å². The third kappa shape index (κ3) is 3.85. The number of benzene rings is 1. The van der Waals surface area contributed by atoms with E-state index in [9.17, 15) is 0 Å². The van der Waals surface area contributed by atoms with Crippen LogP contribution >= 0.6 is 0 Å². The van der Waals surface area contributed by atoms with Gasteiger partial charge in [0, 0.05) is 39.0 Å². The van der Waals surface area contributed by atoms with Crippen LogP contribution in [0.5, 0.6) is 5.75 Å². The summed E-state index contributed by atoms with van der Waals surface area (Å²) in [6, 6.07) is 6.34. The molecule has 0 aromatic heterocycles. The van der Waals surface area contributed by atoms with E-state index in [1.54, 1.807) is 7.11 Å². The van der Waals surface area contributed by atoms with Gasteiger partial charge in [0.05, 0.1) is 6.61 Å². The highest BCUT2D eigenvalue weighted by Gasteiger charge is 2.15. The van der Waals surface area contributed by atoms with Crippen molar-refractivity contribution in [2.45, 2.75) is 6.92 Å². The summed E-state index contributed by atoms with van der Waals surface area (Å²) in [6.45, 7) is 7.83. The number of anilines is 1. The van der Waals surface area contributed by atoms with Crippen LogP contribution in [0.3, 0.4) is 0 Å². The van der Waals surface area contributed by atoms with Gasteiger partial charge in [0.15, 0.2) is 0 Å². The van der Waals surface area contributed by atoms with Crippen molar-refractivity contribution >= 4 is 5.69 Å². The Balaban J connectivity index is 1.98. The Labute approximate surface area is 115 Å². The molecule has 4 heteroatoms. The minimum absolute atomic E-state index is 0.601. The smallest absolute Gasteiger partial charge is 0.119 e. The number of rotatable bonds is 5. The van der Waals surface area contributed by atoms with Gasteiger partial charge in [-0.15, -0.1) is 0 Å². The van der Waals surface area contributed by atoms with E-state index in [1.807, 2.05) is 0 Å². The van der Waals surface area contributed by atoms with Crippen LogP contribution in [-0.4, -0.2) is 58.5 Å². The Kier molecular flexibility index (Phi) is 5.05. The molecule has 1 aromatic carbocycles. The molecule has 0 amide bonds. The summed E-state index contributed by atoms with van der Waals surface area (Å²) in [5, 5.41) is 0. The molecule has 4 nitrogen and oxygen atoms in total. The van der Waals surface area contributed by atoms with Crippen molar-refractivity contribution in [1.29, 1.82) is 0 Å². The number of ether oxygens (including phenoxy) is 2. The fourth-order valence-corrected chi connectivity index (χ4v) is 2.36. The summed E-state index contributed by atoms with van der Waals surface area (Å²) in [5.74, 6) is 0.924. The summed E-state index contributed by atoms with van der Waals surface area (Å²) in [4.78, 5) is 4.82. The number of nitrogens with zero attached hydrogens (tertiary/aromatic N) is 2. The SMILES string of the molecule is COCCOc1ccc(N2CCN(C)CC2)c(C)c1. The predicted octanol–water partition coefficient (Wildman–Crippen LogP) is 1.77. The fourth-order valence-electron chi connectivity index (χ4n) is 2.36. The van der Waals surface area contributed by atoms with E-state index in [0.717, 1.165) is 31.9 Å². The Morgan fingerprint density at radius 2 is 1.84 bits per heavy atom. The zero-order valence-electron chi connectivity index (χ0n) is 12.2. The molecule has 106 valence electrons. The minimum atomic E-state index is 0.601. The highest BCUT2D eigenvalue weighted by atomic mass is 16.5. The zero-order valence-corrected chi connectivity index (χ0v) is 12.2. The van der Waals surface area contributed by atoms with Crippen molar-refractivity contribution in [3.05, 3.63) is 23.8 Å². The molecule has 1 aliphatic heterocycles. The molecule has 1 aromatic rings. The van der Waals surface area contributed by atoms with Gasteiger partial charge in [0.2, 0.25) is 0 Å². The highest BCUT2D eigenvalue weighted by Crippen LogP contribution is 2.25. The van der Waals surface area contributed by atoms with Gasteiger partial charge in [-0.1, -0.05) is 0 Å². The maximum Gasteiger partial charge on any atom is 0.119 e. The first-order valence-corrected chi connectivity index (χ1v) is 6.86. The number of hydrogen-bond acceptors (Lipinski definition) is 4. The first-order valence-electron chi connectivity index (χ1n) is 6.86. The molecule has 0 unspecified atom stereocenters. The summed E-state index contributed by atoms with van der Waals surface area (Å²) < 4.78 is 10.6. The van der Waals surface area contributed by atoms with Gasteiger partial charge >= 0.3 is 0 Å². The van der Waals surface area contributed by atoms with Crippen LogP contribution in [0, 0.1) is 6.92 Å². The normalized spacial score (nSPS) is 16.7. The molecule has 1 saturated heterocycles. The molecule has 1 fully saturated rings. The van der Waals surface area contributed by atoms with Gasteiger partial charge in [-0.25, -0.2) is 0 Å². The fraction of sp³-hybridized carbons (Fsp3) is 0.600. The van der Waals surface area contributed by atoms with Crippen molar-refractivity contribution in [1.82, 2.24) is 4.90 Å². The Morgan fingerprint density at radius 3 is 2.47 bits per heavy atom. The predicted molar refractivity (Wildman–Crippen MR) is 78.3 cm³/mol. The summed E-state index contributed by atoms with van der Waals surface area (Å²) in [7, 11) is 3.86. The van der Waals surface area contributed by atoms with Gasteiger partial charge in [-0.05, 0) is 37.7 Å². The van der Waals surface area contributed by atoms with Gasteiger partial charge < -0.3 is 19.3 Å². The second kappa shape index (κ2) is 6.78. The average molecular weight is 264 g/mol. The lowest BCUT2D eigenvalue weighted by molar-refractivity contribution is 0.146. The quantitative estimate of drug-likeness (QED) is 0.757. The third-order valence-corrected chi connectivity index (χ3v) is 3.57. The Morgan fingerprint density at radius 1 is 1.11 bits per heavy atom. The van der Waals surface area contributed by atoms with Gasteiger partial charge in [0.25, 0.3) is 0 Å². The maximum absolute atomic E-state index is 5.63.